The van der Waals surface area contributed by atoms with E-state index in [0.29, 0.717) is 10.6 Å². The van der Waals surface area contributed by atoms with Crippen molar-refractivity contribution in [2.45, 2.75) is 92.4 Å². The van der Waals surface area contributed by atoms with Gasteiger partial charge >= 0.3 is 0 Å². The first-order valence-electron chi connectivity index (χ1n) is 12.2. The van der Waals surface area contributed by atoms with Crippen molar-refractivity contribution in [3.63, 3.8) is 0 Å². The maximum atomic E-state index is 13.3. The molecule has 0 saturated heterocycles. The van der Waals surface area contributed by atoms with E-state index in [9.17, 15) is 8.78 Å². The number of benzene rings is 3. The molecule has 0 aliphatic heterocycles. The average molecular weight is 536 g/mol. The van der Waals surface area contributed by atoms with Crippen LogP contribution in [0.2, 0.25) is 10.0 Å². The molecule has 0 aromatic heterocycles. The van der Waals surface area contributed by atoms with Crippen LogP contribution in [0.25, 0.3) is 0 Å². The summed E-state index contributed by atoms with van der Waals surface area (Å²) in [4.78, 5) is 0. The Kier molecular flexibility index (Phi) is 11.2. The Hall–Kier alpha value is -1.90. The quantitative estimate of drug-likeness (QED) is 0.269. The van der Waals surface area contributed by atoms with Crippen LogP contribution in [-0.4, -0.2) is 0 Å². The van der Waals surface area contributed by atoms with E-state index in [1.54, 1.807) is 18.2 Å². The van der Waals surface area contributed by atoms with Crippen molar-refractivity contribution in [1.29, 1.82) is 0 Å². The van der Waals surface area contributed by atoms with Gasteiger partial charge < -0.3 is 0 Å². The van der Waals surface area contributed by atoms with E-state index in [0.717, 1.165) is 16.1 Å². The first-order chi connectivity index (χ1) is 16.3. The van der Waals surface area contributed by atoms with Crippen molar-refractivity contribution in [3.8, 4) is 0 Å². The van der Waals surface area contributed by atoms with Crippen LogP contribution < -0.4 is 0 Å². The van der Waals surface area contributed by atoms with Gasteiger partial charge in [0.15, 0.2) is 0 Å². The van der Waals surface area contributed by atoms with E-state index in [2.05, 4.69) is 33.8 Å². The van der Waals surface area contributed by atoms with Crippen LogP contribution in [-0.2, 0) is 16.2 Å². The van der Waals surface area contributed by atoms with Gasteiger partial charge in [0, 0.05) is 15.6 Å². The lowest BCUT2D eigenvalue weighted by atomic mass is 9.84. The molecule has 0 spiro atoms. The summed E-state index contributed by atoms with van der Waals surface area (Å²) in [5.74, 6) is -0.322. The minimum Gasteiger partial charge on any atom is -0.207 e. The van der Waals surface area contributed by atoms with Crippen molar-refractivity contribution in [1.82, 2.24) is 0 Å². The Labute approximate surface area is 228 Å². The normalized spacial score (nSPS) is 11.8. The second-order valence-electron chi connectivity index (χ2n) is 12.2. The standard InChI is InChI=1S/C11H15Cl.C11H15F.C10H12ClF/c2*1-8-6-5-7-9(12)10(8)11(2,3)4;1-10(2,3)9-7(11)5-4-6-8(9)12/h2*5-7H,1-4H3;4-6H,1-3H3. The predicted molar refractivity (Wildman–Crippen MR) is 155 cm³/mol. The van der Waals surface area contributed by atoms with E-state index in [4.69, 9.17) is 23.2 Å². The zero-order valence-corrected chi connectivity index (χ0v) is 25.2. The molecule has 0 saturated carbocycles. The van der Waals surface area contributed by atoms with E-state index >= 15 is 0 Å². The lowest BCUT2D eigenvalue weighted by Gasteiger charge is -2.22. The molecule has 3 rings (SSSR count). The second kappa shape index (κ2) is 12.6. The molecule has 0 amide bonds. The maximum absolute atomic E-state index is 13.3. The fourth-order valence-corrected chi connectivity index (χ4v) is 5.33. The largest absolute Gasteiger partial charge is 0.207 e. The Morgan fingerprint density at radius 2 is 0.778 bits per heavy atom. The molecule has 0 radical (unpaired) electrons. The number of aryl methyl sites for hydroxylation is 2. The summed E-state index contributed by atoms with van der Waals surface area (Å²) in [6.45, 7) is 22.5. The molecular weight excluding hydrogens is 493 g/mol. The Morgan fingerprint density at radius 3 is 1.03 bits per heavy atom. The average Bonchev–Trinajstić information content (AvgIpc) is 2.65. The summed E-state index contributed by atoms with van der Waals surface area (Å²) in [5.41, 5.74) is 4.78. The van der Waals surface area contributed by atoms with Crippen LogP contribution in [0.4, 0.5) is 8.78 Å². The highest BCUT2D eigenvalue weighted by atomic mass is 35.5. The second-order valence-corrected chi connectivity index (χ2v) is 13.0. The molecule has 0 heterocycles. The van der Waals surface area contributed by atoms with Gasteiger partial charge in [0.05, 0.1) is 0 Å². The first-order valence-corrected chi connectivity index (χ1v) is 13.0. The first kappa shape index (κ1) is 32.1. The van der Waals surface area contributed by atoms with Crippen molar-refractivity contribution in [3.05, 3.63) is 104 Å². The lowest BCUT2D eigenvalue weighted by Crippen LogP contribution is -2.15. The molecule has 0 N–H and O–H groups in total. The summed E-state index contributed by atoms with van der Waals surface area (Å²) in [6.07, 6.45) is 0. The number of halogens is 4. The molecule has 3 aromatic rings. The van der Waals surface area contributed by atoms with Crippen LogP contribution in [0.1, 0.15) is 90.1 Å². The van der Waals surface area contributed by atoms with Crippen LogP contribution in [0.5, 0.6) is 0 Å². The molecule has 0 aliphatic rings. The summed E-state index contributed by atoms with van der Waals surface area (Å²) in [6, 6.07) is 16.0. The van der Waals surface area contributed by atoms with Crippen LogP contribution in [0.3, 0.4) is 0 Å². The van der Waals surface area contributed by atoms with Crippen LogP contribution >= 0.6 is 23.2 Å². The van der Waals surface area contributed by atoms with E-state index < -0.39 is 0 Å². The molecule has 0 atom stereocenters. The third kappa shape index (κ3) is 9.20. The molecule has 0 aliphatic carbocycles. The van der Waals surface area contributed by atoms with Gasteiger partial charge in [-0.15, -0.1) is 0 Å². The zero-order chi connectivity index (χ0) is 28.1. The molecule has 3 aromatic carbocycles. The van der Waals surface area contributed by atoms with Gasteiger partial charge in [-0.1, -0.05) is 116 Å². The van der Waals surface area contributed by atoms with Gasteiger partial charge in [0.25, 0.3) is 0 Å². The summed E-state index contributed by atoms with van der Waals surface area (Å²) < 4.78 is 26.6. The molecule has 0 nitrogen and oxygen atoms in total. The summed E-state index contributed by atoms with van der Waals surface area (Å²) in [5, 5.41) is 1.38. The van der Waals surface area contributed by atoms with E-state index in [-0.39, 0.29) is 27.9 Å². The smallest absolute Gasteiger partial charge is 0.128 e. The molecular formula is C32H42Cl2F2. The fourth-order valence-electron chi connectivity index (χ4n) is 4.38. The molecule has 4 heteroatoms. The Balaban J connectivity index is 0.000000270. The van der Waals surface area contributed by atoms with Crippen molar-refractivity contribution in [2.24, 2.45) is 0 Å². The van der Waals surface area contributed by atoms with E-state index in [1.165, 1.54) is 23.3 Å². The molecule has 0 fully saturated rings. The number of hydrogen-bond acceptors (Lipinski definition) is 0. The minimum absolute atomic E-state index is 0.0949. The summed E-state index contributed by atoms with van der Waals surface area (Å²) >= 11 is 12.0. The van der Waals surface area contributed by atoms with Gasteiger partial charge in [-0.3, -0.25) is 0 Å². The maximum Gasteiger partial charge on any atom is 0.128 e. The third-order valence-corrected chi connectivity index (χ3v) is 6.29. The van der Waals surface area contributed by atoms with Gasteiger partial charge in [0.1, 0.15) is 11.6 Å². The van der Waals surface area contributed by atoms with Crippen molar-refractivity contribution in [2.75, 3.05) is 0 Å². The van der Waals surface area contributed by atoms with Gasteiger partial charge in [0.2, 0.25) is 0 Å². The fraction of sp³-hybridized carbons (Fsp3) is 0.438. The zero-order valence-electron chi connectivity index (χ0n) is 23.7. The monoisotopic (exact) mass is 534 g/mol. The molecule has 0 bridgehead atoms. The van der Waals surface area contributed by atoms with Gasteiger partial charge in [-0.25, -0.2) is 8.78 Å². The van der Waals surface area contributed by atoms with E-state index in [1.807, 2.05) is 66.7 Å². The number of hydrogen-bond donors (Lipinski definition) is 0. The minimum atomic E-state index is -0.234. The highest BCUT2D eigenvalue weighted by molar-refractivity contribution is 6.31. The summed E-state index contributed by atoms with van der Waals surface area (Å²) in [7, 11) is 0. The van der Waals surface area contributed by atoms with Crippen LogP contribution in [0, 0.1) is 25.5 Å². The predicted octanol–water partition coefficient (Wildman–Crippen LogP) is 11.2. The van der Waals surface area contributed by atoms with Crippen molar-refractivity contribution >= 4 is 23.2 Å². The van der Waals surface area contributed by atoms with Gasteiger partial charge in [-0.2, -0.15) is 0 Å². The van der Waals surface area contributed by atoms with Crippen molar-refractivity contribution < 1.29 is 8.78 Å². The highest BCUT2D eigenvalue weighted by Gasteiger charge is 2.21. The Bertz CT molecular complexity index is 937. The topological polar surface area (TPSA) is 0 Å². The molecule has 198 valence electrons. The van der Waals surface area contributed by atoms with Gasteiger partial charge in [-0.05, 0) is 76.6 Å². The number of rotatable bonds is 0. The molecule has 36 heavy (non-hydrogen) atoms. The highest BCUT2D eigenvalue weighted by Crippen LogP contribution is 2.32. The third-order valence-electron chi connectivity index (χ3n) is 5.66. The SMILES string of the molecule is CC(C)(C)c1c(F)cccc1Cl.Cc1cccc(Cl)c1C(C)(C)C.Cc1cccc(F)c1C(C)(C)C. The lowest BCUT2D eigenvalue weighted by molar-refractivity contribution is 0.519. The van der Waals surface area contributed by atoms with Crippen LogP contribution in [0.15, 0.2) is 54.6 Å². The Morgan fingerprint density at radius 1 is 0.472 bits per heavy atom. The molecule has 0 unspecified atom stereocenters.